The summed E-state index contributed by atoms with van der Waals surface area (Å²) in [5, 5.41) is 12.4. The van der Waals surface area contributed by atoms with Gasteiger partial charge in [-0.05, 0) is 49.3 Å². The molecule has 0 bridgehead atoms. The second-order valence-corrected chi connectivity index (χ2v) is 10.1. The van der Waals surface area contributed by atoms with E-state index in [1.54, 1.807) is 0 Å². The molecule has 1 aromatic carbocycles. The average molecular weight is 405 g/mol. The Hall–Kier alpha value is -1.60. The third-order valence-electron chi connectivity index (χ3n) is 4.96. The Balaban J connectivity index is 1.54. The normalized spacial score (nSPS) is 16.6. The van der Waals surface area contributed by atoms with Crippen molar-refractivity contribution in [3.63, 3.8) is 0 Å². The summed E-state index contributed by atoms with van der Waals surface area (Å²) in [6.07, 6.45) is 2.21. The van der Waals surface area contributed by atoms with Crippen molar-refractivity contribution >= 4 is 39.8 Å². The van der Waals surface area contributed by atoms with E-state index in [-0.39, 0.29) is 11.2 Å². The SMILES string of the molecule is CC1CCN(C(=O)C(C)Sc2nnc(Nc3ccc(C(C)C)cc3)s2)CC1. The molecule has 1 aliphatic heterocycles. The number of hydrogen-bond acceptors (Lipinski definition) is 6. The third-order valence-corrected chi connectivity index (χ3v) is 6.97. The van der Waals surface area contributed by atoms with Gasteiger partial charge in [0.15, 0.2) is 4.34 Å². The van der Waals surface area contributed by atoms with Gasteiger partial charge in [-0.25, -0.2) is 0 Å². The van der Waals surface area contributed by atoms with Crippen LogP contribution in [0, 0.1) is 5.92 Å². The zero-order chi connectivity index (χ0) is 19.4. The molecule has 146 valence electrons. The number of carbonyl (C=O) groups is 1. The molecule has 1 amide bonds. The minimum atomic E-state index is -0.135. The van der Waals surface area contributed by atoms with E-state index in [4.69, 9.17) is 0 Å². The molecular formula is C20H28N4OS2. The van der Waals surface area contributed by atoms with Crippen LogP contribution in [0.4, 0.5) is 10.8 Å². The van der Waals surface area contributed by atoms with Gasteiger partial charge >= 0.3 is 0 Å². The van der Waals surface area contributed by atoms with Gasteiger partial charge in [-0.15, -0.1) is 10.2 Å². The highest BCUT2D eigenvalue weighted by Crippen LogP contribution is 2.32. The van der Waals surface area contributed by atoms with Crippen LogP contribution in [0.3, 0.4) is 0 Å². The van der Waals surface area contributed by atoms with Gasteiger partial charge < -0.3 is 10.2 Å². The molecule has 0 spiro atoms. The van der Waals surface area contributed by atoms with Gasteiger partial charge in [0, 0.05) is 18.8 Å². The number of carbonyl (C=O) groups excluding carboxylic acids is 1. The van der Waals surface area contributed by atoms with E-state index in [0.29, 0.717) is 5.92 Å². The summed E-state index contributed by atoms with van der Waals surface area (Å²) < 4.78 is 0.822. The smallest absolute Gasteiger partial charge is 0.235 e. The molecule has 7 heteroatoms. The van der Waals surface area contributed by atoms with Crippen molar-refractivity contribution < 1.29 is 4.79 Å². The number of benzene rings is 1. The van der Waals surface area contributed by atoms with E-state index >= 15 is 0 Å². The number of nitrogens with one attached hydrogen (secondary N) is 1. The van der Waals surface area contributed by atoms with Gasteiger partial charge in [0.25, 0.3) is 0 Å². The Morgan fingerprint density at radius 1 is 1.19 bits per heavy atom. The van der Waals surface area contributed by atoms with E-state index < -0.39 is 0 Å². The van der Waals surface area contributed by atoms with Crippen molar-refractivity contribution in [1.29, 1.82) is 0 Å². The van der Waals surface area contributed by atoms with Crippen LogP contribution in [0.15, 0.2) is 28.6 Å². The molecule has 5 nitrogen and oxygen atoms in total. The molecule has 1 fully saturated rings. The highest BCUT2D eigenvalue weighted by atomic mass is 32.2. The van der Waals surface area contributed by atoms with E-state index in [1.807, 2.05) is 11.8 Å². The second-order valence-electron chi connectivity index (χ2n) is 7.54. The maximum Gasteiger partial charge on any atom is 0.235 e. The Kier molecular flexibility index (Phi) is 6.76. The summed E-state index contributed by atoms with van der Waals surface area (Å²) in [6.45, 7) is 10.3. The molecule has 1 unspecified atom stereocenters. The van der Waals surface area contributed by atoms with Crippen LogP contribution in [0.1, 0.15) is 52.0 Å². The summed E-state index contributed by atoms with van der Waals surface area (Å²) >= 11 is 2.99. The van der Waals surface area contributed by atoms with Crippen molar-refractivity contribution in [1.82, 2.24) is 15.1 Å². The van der Waals surface area contributed by atoms with Crippen LogP contribution in [0.5, 0.6) is 0 Å². The Morgan fingerprint density at radius 2 is 1.85 bits per heavy atom. The van der Waals surface area contributed by atoms with E-state index in [9.17, 15) is 4.79 Å². The summed E-state index contributed by atoms with van der Waals surface area (Å²) in [7, 11) is 0. The molecule has 1 N–H and O–H groups in total. The fourth-order valence-electron chi connectivity index (χ4n) is 3.07. The zero-order valence-corrected chi connectivity index (χ0v) is 18.1. The van der Waals surface area contributed by atoms with E-state index in [0.717, 1.165) is 47.0 Å². The zero-order valence-electron chi connectivity index (χ0n) is 16.4. The van der Waals surface area contributed by atoms with Crippen molar-refractivity contribution in [3.8, 4) is 0 Å². The van der Waals surface area contributed by atoms with Crippen LogP contribution >= 0.6 is 23.1 Å². The average Bonchev–Trinajstić information content (AvgIpc) is 3.09. The molecule has 2 heterocycles. The topological polar surface area (TPSA) is 58.1 Å². The number of nitrogens with zero attached hydrogens (tertiary/aromatic N) is 3. The minimum Gasteiger partial charge on any atom is -0.342 e. The summed E-state index contributed by atoms with van der Waals surface area (Å²) in [4.78, 5) is 14.6. The number of amides is 1. The first kappa shape index (κ1) is 20.1. The largest absolute Gasteiger partial charge is 0.342 e. The monoisotopic (exact) mass is 404 g/mol. The van der Waals surface area contributed by atoms with Gasteiger partial charge in [-0.3, -0.25) is 4.79 Å². The number of thioether (sulfide) groups is 1. The molecule has 3 rings (SSSR count). The van der Waals surface area contributed by atoms with Crippen LogP contribution in [-0.4, -0.2) is 39.3 Å². The Bertz CT molecular complexity index is 752. The summed E-state index contributed by atoms with van der Waals surface area (Å²) in [6, 6.07) is 8.38. The molecule has 1 saturated heterocycles. The summed E-state index contributed by atoms with van der Waals surface area (Å²) in [5.41, 5.74) is 2.31. The van der Waals surface area contributed by atoms with Gasteiger partial charge in [0.2, 0.25) is 11.0 Å². The van der Waals surface area contributed by atoms with Gasteiger partial charge in [-0.2, -0.15) is 0 Å². The quantitative estimate of drug-likeness (QED) is 0.675. The molecule has 1 aliphatic rings. The molecule has 0 radical (unpaired) electrons. The fourth-order valence-corrected chi connectivity index (χ4v) is 5.07. The van der Waals surface area contributed by atoms with Crippen LogP contribution in [0.2, 0.25) is 0 Å². The van der Waals surface area contributed by atoms with E-state index in [1.165, 1.54) is 28.7 Å². The Morgan fingerprint density at radius 3 is 2.48 bits per heavy atom. The third kappa shape index (κ3) is 5.45. The lowest BCUT2D eigenvalue weighted by atomic mass is 9.99. The standard InChI is InChI=1S/C20H28N4OS2/c1-13(2)16-5-7-17(8-6-16)21-19-22-23-20(27-19)26-15(4)18(25)24-11-9-14(3)10-12-24/h5-8,13-15H,9-12H2,1-4H3,(H,21,22). The fraction of sp³-hybridized carbons (Fsp3) is 0.550. The number of likely N-dealkylation sites (tertiary alicyclic amines) is 1. The van der Waals surface area contributed by atoms with Crippen LogP contribution in [0.25, 0.3) is 0 Å². The maximum atomic E-state index is 12.6. The van der Waals surface area contributed by atoms with Crippen molar-refractivity contribution in [2.24, 2.45) is 5.92 Å². The van der Waals surface area contributed by atoms with Gasteiger partial charge in [0.1, 0.15) is 0 Å². The molecule has 2 aromatic rings. The number of aromatic nitrogens is 2. The van der Waals surface area contributed by atoms with Crippen molar-refractivity contribution in [2.75, 3.05) is 18.4 Å². The van der Waals surface area contributed by atoms with Gasteiger partial charge in [-0.1, -0.05) is 56.0 Å². The predicted octanol–water partition coefficient (Wildman–Crippen LogP) is 5.14. The predicted molar refractivity (Wildman–Crippen MR) is 114 cm³/mol. The minimum absolute atomic E-state index is 0.135. The highest BCUT2D eigenvalue weighted by Gasteiger charge is 2.26. The Labute approximate surface area is 170 Å². The first-order chi connectivity index (χ1) is 12.9. The molecule has 27 heavy (non-hydrogen) atoms. The molecular weight excluding hydrogens is 376 g/mol. The lowest BCUT2D eigenvalue weighted by Crippen LogP contribution is -2.41. The van der Waals surface area contributed by atoms with E-state index in [2.05, 4.69) is 60.6 Å². The number of anilines is 2. The number of piperidine rings is 1. The van der Waals surface area contributed by atoms with Crippen molar-refractivity contribution in [3.05, 3.63) is 29.8 Å². The first-order valence-electron chi connectivity index (χ1n) is 9.58. The molecule has 0 aliphatic carbocycles. The second kappa shape index (κ2) is 9.06. The number of hydrogen-bond donors (Lipinski definition) is 1. The lowest BCUT2D eigenvalue weighted by molar-refractivity contribution is -0.131. The lowest BCUT2D eigenvalue weighted by Gasteiger charge is -2.31. The summed E-state index contributed by atoms with van der Waals surface area (Å²) in [5.74, 6) is 1.45. The van der Waals surface area contributed by atoms with Crippen molar-refractivity contribution in [2.45, 2.75) is 56.0 Å². The molecule has 1 atom stereocenters. The van der Waals surface area contributed by atoms with Crippen LogP contribution in [-0.2, 0) is 4.79 Å². The highest BCUT2D eigenvalue weighted by molar-refractivity contribution is 8.02. The van der Waals surface area contributed by atoms with Crippen LogP contribution < -0.4 is 5.32 Å². The maximum absolute atomic E-state index is 12.6. The first-order valence-corrected chi connectivity index (χ1v) is 11.3. The molecule has 0 saturated carbocycles. The number of rotatable bonds is 6. The van der Waals surface area contributed by atoms with Gasteiger partial charge in [0.05, 0.1) is 5.25 Å². The molecule has 1 aromatic heterocycles.